The number of piperazine rings is 1. The summed E-state index contributed by atoms with van der Waals surface area (Å²) < 4.78 is 0. The highest BCUT2D eigenvalue weighted by atomic mass is 16.4. The highest BCUT2D eigenvalue weighted by Gasteiger charge is 2.26. The molecule has 1 N–H and O–H groups in total. The Balaban J connectivity index is 1.80. The second kappa shape index (κ2) is 6.34. The zero-order chi connectivity index (χ0) is 13.8. The summed E-state index contributed by atoms with van der Waals surface area (Å²) in [6.45, 7) is 7.74. The molecule has 2 rings (SSSR count). The number of likely N-dealkylation sites (N-methyl/N-ethyl adjacent to an activating group) is 1. The average molecular weight is 268 g/mol. The fourth-order valence-electron chi connectivity index (χ4n) is 2.74. The van der Waals surface area contributed by atoms with E-state index in [9.17, 15) is 4.79 Å². The first-order valence-corrected chi connectivity index (χ1v) is 6.99. The molecular formula is C13H24N4O2. The molecular weight excluding hydrogens is 244 g/mol. The van der Waals surface area contributed by atoms with Crippen LogP contribution in [-0.2, 0) is 4.79 Å². The minimum atomic E-state index is 0.227. The Labute approximate surface area is 114 Å². The second-order valence-electron chi connectivity index (χ2n) is 5.66. The summed E-state index contributed by atoms with van der Waals surface area (Å²) >= 11 is 0. The minimum Gasteiger partial charge on any atom is -0.411 e. The molecule has 2 saturated heterocycles. The van der Waals surface area contributed by atoms with Gasteiger partial charge in [0.05, 0.1) is 12.3 Å². The summed E-state index contributed by atoms with van der Waals surface area (Å²) in [5, 5.41) is 12.2. The van der Waals surface area contributed by atoms with E-state index in [1.807, 2.05) is 11.8 Å². The van der Waals surface area contributed by atoms with Crippen LogP contribution in [0.25, 0.3) is 0 Å². The number of oxime groups is 1. The lowest BCUT2D eigenvalue weighted by atomic mass is 9.98. The first kappa shape index (κ1) is 14.3. The van der Waals surface area contributed by atoms with E-state index in [0.29, 0.717) is 6.54 Å². The van der Waals surface area contributed by atoms with Crippen LogP contribution in [0.3, 0.4) is 0 Å². The summed E-state index contributed by atoms with van der Waals surface area (Å²) in [7, 11) is 2.09. The normalized spacial score (nSPS) is 28.8. The van der Waals surface area contributed by atoms with Crippen molar-refractivity contribution in [3.63, 3.8) is 0 Å². The van der Waals surface area contributed by atoms with Crippen molar-refractivity contribution >= 4 is 11.6 Å². The highest BCUT2D eigenvalue weighted by molar-refractivity contribution is 5.87. The molecule has 6 heteroatoms. The van der Waals surface area contributed by atoms with Crippen molar-refractivity contribution in [2.45, 2.75) is 13.3 Å². The predicted octanol–water partition coefficient (Wildman–Crippen LogP) is -0.0676. The largest absolute Gasteiger partial charge is 0.411 e. The van der Waals surface area contributed by atoms with E-state index in [-0.39, 0.29) is 11.8 Å². The van der Waals surface area contributed by atoms with Crippen LogP contribution in [-0.4, -0.2) is 84.4 Å². The van der Waals surface area contributed by atoms with Gasteiger partial charge in [-0.25, -0.2) is 0 Å². The number of carbonyl (C=O) groups is 1. The van der Waals surface area contributed by atoms with Gasteiger partial charge >= 0.3 is 0 Å². The van der Waals surface area contributed by atoms with Gasteiger partial charge in [0.2, 0.25) is 5.91 Å². The molecule has 2 heterocycles. The van der Waals surface area contributed by atoms with Gasteiger partial charge in [-0.1, -0.05) is 12.1 Å². The second-order valence-corrected chi connectivity index (χ2v) is 5.66. The standard InChI is InChI=1S/C13H24N4O2/c1-11-9-16(4-3-12(11)14-19)10-13(18)17-7-5-15(2)6-8-17/h11,19H,3-10H2,1-2H3. The van der Waals surface area contributed by atoms with Gasteiger partial charge in [0, 0.05) is 51.6 Å². The van der Waals surface area contributed by atoms with Crippen molar-refractivity contribution in [2.75, 3.05) is 52.9 Å². The number of rotatable bonds is 2. The number of carbonyl (C=O) groups excluding carboxylic acids is 1. The van der Waals surface area contributed by atoms with Crippen LogP contribution in [0.15, 0.2) is 5.16 Å². The third-order valence-corrected chi connectivity index (χ3v) is 4.13. The van der Waals surface area contributed by atoms with E-state index in [1.165, 1.54) is 0 Å². The van der Waals surface area contributed by atoms with Gasteiger partial charge in [0.25, 0.3) is 0 Å². The van der Waals surface area contributed by atoms with Crippen molar-refractivity contribution in [1.82, 2.24) is 14.7 Å². The van der Waals surface area contributed by atoms with Gasteiger partial charge in [-0.05, 0) is 7.05 Å². The first-order valence-electron chi connectivity index (χ1n) is 6.99. The van der Waals surface area contributed by atoms with Gasteiger partial charge in [0.1, 0.15) is 0 Å². The minimum absolute atomic E-state index is 0.227. The molecule has 2 aliphatic heterocycles. The molecule has 0 aromatic heterocycles. The number of amides is 1. The monoisotopic (exact) mass is 268 g/mol. The lowest BCUT2D eigenvalue weighted by molar-refractivity contribution is -0.134. The SMILES string of the molecule is CC1CN(CC(=O)N2CCN(C)CC2)CCC1=NO. The zero-order valence-electron chi connectivity index (χ0n) is 11.9. The number of likely N-dealkylation sites (tertiary alicyclic amines) is 1. The third kappa shape index (κ3) is 3.67. The molecule has 1 amide bonds. The summed E-state index contributed by atoms with van der Waals surface area (Å²) in [6, 6.07) is 0. The maximum Gasteiger partial charge on any atom is 0.236 e. The molecule has 0 bridgehead atoms. The van der Waals surface area contributed by atoms with Crippen LogP contribution in [0, 0.1) is 5.92 Å². The smallest absolute Gasteiger partial charge is 0.236 e. The summed E-state index contributed by atoms with van der Waals surface area (Å²) in [5.41, 5.74) is 0.850. The third-order valence-electron chi connectivity index (χ3n) is 4.13. The molecule has 19 heavy (non-hydrogen) atoms. The molecule has 1 atom stereocenters. The Morgan fingerprint density at radius 3 is 2.58 bits per heavy atom. The van der Waals surface area contributed by atoms with Gasteiger partial charge < -0.3 is 15.0 Å². The molecule has 1 unspecified atom stereocenters. The van der Waals surface area contributed by atoms with Crippen molar-refractivity contribution < 1.29 is 10.0 Å². The van der Waals surface area contributed by atoms with E-state index in [2.05, 4.69) is 22.0 Å². The lowest BCUT2D eigenvalue weighted by Crippen LogP contribution is -2.51. The van der Waals surface area contributed by atoms with Gasteiger partial charge in [0.15, 0.2) is 0 Å². The van der Waals surface area contributed by atoms with Crippen LogP contribution >= 0.6 is 0 Å². The molecule has 0 aromatic carbocycles. The molecule has 0 radical (unpaired) electrons. The van der Waals surface area contributed by atoms with E-state index in [1.54, 1.807) is 0 Å². The van der Waals surface area contributed by atoms with E-state index < -0.39 is 0 Å². The number of hydrogen-bond acceptors (Lipinski definition) is 5. The molecule has 6 nitrogen and oxygen atoms in total. The summed E-state index contributed by atoms with van der Waals surface area (Å²) in [5.74, 6) is 0.462. The first-order chi connectivity index (χ1) is 9.10. The van der Waals surface area contributed by atoms with Crippen LogP contribution in [0.5, 0.6) is 0 Å². The lowest BCUT2D eigenvalue weighted by Gasteiger charge is -2.36. The molecule has 2 fully saturated rings. The Bertz CT molecular complexity index is 351. The van der Waals surface area contributed by atoms with Crippen molar-refractivity contribution in [3.8, 4) is 0 Å². The molecule has 0 spiro atoms. The topological polar surface area (TPSA) is 59.4 Å². The predicted molar refractivity (Wildman–Crippen MR) is 73.5 cm³/mol. The molecule has 0 aliphatic carbocycles. The Morgan fingerprint density at radius 1 is 1.32 bits per heavy atom. The van der Waals surface area contributed by atoms with Crippen LogP contribution < -0.4 is 0 Å². The fourth-order valence-corrected chi connectivity index (χ4v) is 2.74. The van der Waals surface area contributed by atoms with Crippen LogP contribution in [0.4, 0.5) is 0 Å². The van der Waals surface area contributed by atoms with Gasteiger partial charge in [-0.3, -0.25) is 9.69 Å². The van der Waals surface area contributed by atoms with Crippen molar-refractivity contribution in [2.24, 2.45) is 11.1 Å². The maximum atomic E-state index is 12.2. The fraction of sp³-hybridized carbons (Fsp3) is 0.846. The average Bonchev–Trinajstić information content (AvgIpc) is 2.39. The van der Waals surface area contributed by atoms with Gasteiger partial charge in [-0.2, -0.15) is 0 Å². The van der Waals surface area contributed by atoms with Crippen LogP contribution in [0.2, 0.25) is 0 Å². The number of piperidine rings is 1. The zero-order valence-corrected chi connectivity index (χ0v) is 11.9. The quantitative estimate of drug-likeness (QED) is 0.563. The Morgan fingerprint density at radius 2 is 2.00 bits per heavy atom. The van der Waals surface area contributed by atoms with E-state index in [4.69, 9.17) is 5.21 Å². The van der Waals surface area contributed by atoms with Crippen molar-refractivity contribution in [3.05, 3.63) is 0 Å². The maximum absolute atomic E-state index is 12.2. The van der Waals surface area contributed by atoms with E-state index >= 15 is 0 Å². The van der Waals surface area contributed by atoms with Gasteiger partial charge in [-0.15, -0.1) is 0 Å². The van der Waals surface area contributed by atoms with Crippen LogP contribution in [0.1, 0.15) is 13.3 Å². The van der Waals surface area contributed by atoms with E-state index in [0.717, 1.165) is 51.4 Å². The Kier molecular flexibility index (Phi) is 4.76. The summed E-state index contributed by atoms with van der Waals surface area (Å²) in [4.78, 5) is 18.6. The summed E-state index contributed by atoms with van der Waals surface area (Å²) in [6.07, 6.45) is 0.758. The molecule has 2 aliphatic rings. The Hall–Kier alpha value is -1.14. The number of hydrogen-bond donors (Lipinski definition) is 1. The number of nitrogens with zero attached hydrogens (tertiary/aromatic N) is 4. The van der Waals surface area contributed by atoms with Crippen molar-refractivity contribution in [1.29, 1.82) is 0 Å². The molecule has 0 saturated carbocycles. The molecule has 108 valence electrons. The highest BCUT2D eigenvalue weighted by Crippen LogP contribution is 2.14. The molecule has 0 aromatic rings.